The maximum Gasteiger partial charge on any atom is 0.244 e. The fourth-order valence-electron chi connectivity index (χ4n) is 2.88. The number of nitrogens with one attached hydrogen (secondary N) is 2. The number of pyridine rings is 1. The number of aromatic nitrogens is 3. The molecule has 0 radical (unpaired) electrons. The van der Waals surface area contributed by atoms with E-state index in [4.69, 9.17) is 4.74 Å². The molecule has 0 aliphatic rings. The lowest BCUT2D eigenvalue weighted by molar-refractivity contribution is -0.118. The van der Waals surface area contributed by atoms with Crippen LogP contribution in [0.4, 0.5) is 5.82 Å². The molecule has 2 heterocycles. The van der Waals surface area contributed by atoms with Crippen LogP contribution in [0.3, 0.4) is 0 Å². The van der Waals surface area contributed by atoms with Crippen LogP contribution in [-0.4, -0.2) is 42.2 Å². The van der Waals surface area contributed by atoms with Crippen LogP contribution in [0.15, 0.2) is 66.0 Å². The summed E-state index contributed by atoms with van der Waals surface area (Å²) in [6.45, 7) is 4.06. The molecule has 0 saturated carbocycles. The summed E-state index contributed by atoms with van der Waals surface area (Å²) in [5, 5.41) is 7.03. The number of hydrogen-bond donors (Lipinski definition) is 2. The first-order chi connectivity index (χ1) is 14.8. The zero-order valence-corrected chi connectivity index (χ0v) is 18.3. The Kier molecular flexibility index (Phi) is 7.03. The van der Waals surface area contributed by atoms with Gasteiger partial charge in [-0.25, -0.2) is 8.42 Å². The third-order valence-electron chi connectivity index (χ3n) is 4.59. The smallest absolute Gasteiger partial charge is 0.244 e. The van der Waals surface area contributed by atoms with E-state index in [1.165, 1.54) is 19.2 Å². The summed E-state index contributed by atoms with van der Waals surface area (Å²) in [6, 6.07) is 10.4. The van der Waals surface area contributed by atoms with Gasteiger partial charge in [0.2, 0.25) is 15.9 Å². The van der Waals surface area contributed by atoms with E-state index in [-0.39, 0.29) is 10.8 Å². The summed E-state index contributed by atoms with van der Waals surface area (Å²) in [7, 11) is -2.40. The maximum atomic E-state index is 12.8. The van der Waals surface area contributed by atoms with Crippen LogP contribution < -0.4 is 14.8 Å². The van der Waals surface area contributed by atoms with Gasteiger partial charge in [-0.05, 0) is 47.9 Å². The van der Waals surface area contributed by atoms with Gasteiger partial charge in [0, 0.05) is 24.7 Å². The molecule has 10 heteroatoms. The molecule has 1 atom stereocenters. The molecule has 1 aromatic carbocycles. The van der Waals surface area contributed by atoms with Crippen molar-refractivity contribution in [3.05, 3.63) is 66.6 Å². The molecule has 0 fully saturated rings. The molecule has 0 aliphatic carbocycles. The number of methoxy groups -OCH3 is 1. The van der Waals surface area contributed by atoms with Gasteiger partial charge < -0.3 is 10.1 Å². The summed E-state index contributed by atoms with van der Waals surface area (Å²) in [5.41, 5.74) is 1.02. The minimum Gasteiger partial charge on any atom is -0.497 e. The molecule has 9 nitrogen and oxygen atoms in total. The molecule has 0 spiro atoms. The average Bonchev–Trinajstić information content (AvgIpc) is 3.19. The van der Waals surface area contributed by atoms with E-state index in [9.17, 15) is 13.2 Å². The second-order valence-electron chi connectivity index (χ2n) is 7.26. The highest BCUT2D eigenvalue weighted by molar-refractivity contribution is 7.89. The minimum atomic E-state index is -3.90. The van der Waals surface area contributed by atoms with E-state index < -0.39 is 22.0 Å². The van der Waals surface area contributed by atoms with Crippen molar-refractivity contribution >= 4 is 21.7 Å². The molecule has 0 bridgehead atoms. The van der Waals surface area contributed by atoms with Crippen molar-refractivity contribution in [1.82, 2.24) is 19.5 Å². The van der Waals surface area contributed by atoms with Crippen LogP contribution in [0.25, 0.3) is 0 Å². The number of anilines is 1. The third kappa shape index (κ3) is 5.89. The Bertz CT molecular complexity index is 1110. The fraction of sp³-hybridized carbons (Fsp3) is 0.286. The van der Waals surface area contributed by atoms with Gasteiger partial charge in [-0.2, -0.15) is 9.82 Å². The van der Waals surface area contributed by atoms with E-state index in [2.05, 4.69) is 20.1 Å². The fourth-order valence-corrected chi connectivity index (χ4v) is 4.22. The number of carbonyl (C=O) groups excluding carboxylic acids is 1. The Hall–Kier alpha value is -3.24. The van der Waals surface area contributed by atoms with Gasteiger partial charge in [0.1, 0.15) is 11.8 Å². The second kappa shape index (κ2) is 9.71. The number of sulfonamides is 1. The number of nitrogens with zero attached hydrogens (tertiary/aromatic N) is 3. The van der Waals surface area contributed by atoms with Crippen molar-refractivity contribution in [3.63, 3.8) is 0 Å². The monoisotopic (exact) mass is 443 g/mol. The molecule has 2 N–H and O–H groups in total. The van der Waals surface area contributed by atoms with Gasteiger partial charge in [-0.3, -0.25) is 14.5 Å². The Balaban J connectivity index is 1.69. The Morgan fingerprint density at radius 3 is 2.39 bits per heavy atom. The first-order valence-corrected chi connectivity index (χ1v) is 11.2. The Morgan fingerprint density at radius 2 is 1.77 bits per heavy atom. The van der Waals surface area contributed by atoms with E-state index in [1.807, 2.05) is 12.1 Å². The zero-order valence-electron chi connectivity index (χ0n) is 17.5. The lowest BCUT2D eigenvalue weighted by Crippen LogP contribution is -2.47. The molecule has 3 aromatic rings. The van der Waals surface area contributed by atoms with E-state index in [0.29, 0.717) is 18.1 Å². The van der Waals surface area contributed by atoms with Gasteiger partial charge in [0.25, 0.3) is 0 Å². The Morgan fingerprint density at radius 1 is 1.10 bits per heavy atom. The van der Waals surface area contributed by atoms with Crippen LogP contribution in [0.2, 0.25) is 0 Å². The molecule has 2 aromatic heterocycles. The van der Waals surface area contributed by atoms with Crippen LogP contribution in [0, 0.1) is 5.92 Å². The van der Waals surface area contributed by atoms with Crippen molar-refractivity contribution in [2.24, 2.45) is 5.92 Å². The quantitative estimate of drug-likeness (QED) is 0.524. The highest BCUT2D eigenvalue weighted by Crippen LogP contribution is 2.17. The molecule has 164 valence electrons. The predicted octanol–water partition coefficient (Wildman–Crippen LogP) is 2.28. The SMILES string of the molecule is COc1ccc(S(=O)(=O)N[C@H](C(=O)Nc2ccn(Cc3ccncc3)n2)C(C)C)cc1. The number of hydrogen-bond acceptors (Lipinski definition) is 6. The van der Waals surface area contributed by atoms with E-state index in [0.717, 1.165) is 5.56 Å². The minimum absolute atomic E-state index is 0.0494. The van der Waals surface area contributed by atoms with Crippen LogP contribution in [0.1, 0.15) is 19.4 Å². The third-order valence-corrected chi connectivity index (χ3v) is 6.04. The van der Waals surface area contributed by atoms with Gasteiger partial charge in [0.05, 0.1) is 18.6 Å². The summed E-state index contributed by atoms with van der Waals surface area (Å²) < 4.78 is 34.7. The van der Waals surface area contributed by atoms with Crippen LogP contribution in [0.5, 0.6) is 5.75 Å². The number of rotatable bonds is 9. The normalized spacial score (nSPS) is 12.5. The van der Waals surface area contributed by atoms with Crippen molar-refractivity contribution in [3.8, 4) is 5.75 Å². The second-order valence-corrected chi connectivity index (χ2v) is 8.98. The predicted molar refractivity (Wildman–Crippen MR) is 116 cm³/mol. The first kappa shape index (κ1) is 22.4. The topological polar surface area (TPSA) is 115 Å². The van der Waals surface area contributed by atoms with E-state index in [1.54, 1.807) is 55.3 Å². The van der Waals surface area contributed by atoms with Crippen molar-refractivity contribution in [2.45, 2.75) is 31.3 Å². The number of amides is 1. The highest BCUT2D eigenvalue weighted by atomic mass is 32.2. The lowest BCUT2D eigenvalue weighted by Gasteiger charge is -2.21. The van der Waals surface area contributed by atoms with E-state index >= 15 is 0 Å². The molecular weight excluding hydrogens is 418 g/mol. The molecule has 31 heavy (non-hydrogen) atoms. The molecule has 3 rings (SSSR count). The Labute approximate surface area is 181 Å². The first-order valence-electron chi connectivity index (χ1n) is 9.68. The van der Waals surface area contributed by atoms with Gasteiger partial charge in [-0.15, -0.1) is 0 Å². The standard InChI is InChI=1S/C21H25N5O4S/c1-15(2)20(25-31(28,29)18-6-4-17(30-3)5-7-18)21(27)23-19-10-13-26(24-19)14-16-8-11-22-12-9-16/h4-13,15,20,25H,14H2,1-3H3,(H,23,24,27)/t20-/m0/s1. The summed E-state index contributed by atoms with van der Waals surface area (Å²) in [6.07, 6.45) is 5.13. The van der Waals surface area contributed by atoms with Crippen LogP contribution >= 0.6 is 0 Å². The molecular formula is C21H25N5O4S. The molecule has 1 amide bonds. The van der Waals surface area contributed by atoms with Gasteiger partial charge >= 0.3 is 0 Å². The molecule has 0 saturated heterocycles. The van der Waals surface area contributed by atoms with Crippen molar-refractivity contribution < 1.29 is 17.9 Å². The highest BCUT2D eigenvalue weighted by Gasteiger charge is 2.29. The zero-order chi connectivity index (χ0) is 22.4. The number of ether oxygens (including phenoxy) is 1. The van der Waals surface area contributed by atoms with Gasteiger partial charge in [-0.1, -0.05) is 13.8 Å². The summed E-state index contributed by atoms with van der Waals surface area (Å²) in [5.74, 6) is 0.112. The molecule has 0 aliphatic heterocycles. The van der Waals surface area contributed by atoms with Crippen molar-refractivity contribution in [1.29, 1.82) is 0 Å². The average molecular weight is 444 g/mol. The summed E-state index contributed by atoms with van der Waals surface area (Å²) >= 11 is 0. The number of carbonyl (C=O) groups is 1. The largest absolute Gasteiger partial charge is 0.497 e. The lowest BCUT2D eigenvalue weighted by atomic mass is 10.1. The maximum absolute atomic E-state index is 12.8. The van der Waals surface area contributed by atoms with Crippen LogP contribution in [-0.2, 0) is 21.4 Å². The number of benzene rings is 1. The van der Waals surface area contributed by atoms with Gasteiger partial charge in [0.15, 0.2) is 5.82 Å². The molecule has 0 unspecified atom stereocenters. The van der Waals surface area contributed by atoms with Crippen molar-refractivity contribution in [2.75, 3.05) is 12.4 Å². The summed E-state index contributed by atoms with van der Waals surface area (Å²) in [4.78, 5) is 16.8.